The van der Waals surface area contributed by atoms with Crippen molar-refractivity contribution in [2.75, 3.05) is 7.11 Å². The molecule has 0 bridgehead atoms. The molecule has 0 unspecified atom stereocenters. The normalized spacial score (nSPS) is 10.4. The number of methoxy groups -OCH3 is 1. The van der Waals surface area contributed by atoms with Crippen LogP contribution in [0.25, 0.3) is 0 Å². The summed E-state index contributed by atoms with van der Waals surface area (Å²) in [6, 6.07) is 1.94. The molecule has 0 aliphatic rings. The van der Waals surface area contributed by atoms with Crippen LogP contribution in [-0.2, 0) is 0 Å². The standard InChI is InChI=1S/C7H6Br3NO/c1-12-7-5(6(9)10)2-4(8)3-11-7/h2-3,6H,1H3. The summed E-state index contributed by atoms with van der Waals surface area (Å²) in [4.78, 5) is 4.09. The van der Waals surface area contributed by atoms with Crippen LogP contribution in [0.5, 0.6) is 5.88 Å². The Balaban J connectivity index is 3.12. The van der Waals surface area contributed by atoms with Crippen LogP contribution in [0.2, 0.25) is 0 Å². The van der Waals surface area contributed by atoms with Crippen molar-refractivity contribution >= 4 is 47.8 Å². The summed E-state index contributed by atoms with van der Waals surface area (Å²) < 4.78 is 6.06. The molecule has 0 aliphatic carbocycles. The van der Waals surface area contributed by atoms with E-state index >= 15 is 0 Å². The second-order valence-electron chi connectivity index (χ2n) is 2.05. The van der Waals surface area contributed by atoms with Gasteiger partial charge in [0.1, 0.15) is 0 Å². The van der Waals surface area contributed by atoms with Crippen molar-refractivity contribution in [2.45, 2.75) is 3.74 Å². The molecule has 1 heterocycles. The van der Waals surface area contributed by atoms with Crippen molar-refractivity contribution in [3.05, 3.63) is 22.3 Å². The first-order valence-corrected chi connectivity index (χ1v) is 5.75. The van der Waals surface area contributed by atoms with E-state index in [0.717, 1.165) is 10.0 Å². The van der Waals surface area contributed by atoms with E-state index in [1.807, 2.05) is 6.07 Å². The number of alkyl halides is 2. The Labute approximate surface area is 96.1 Å². The molecule has 1 rings (SSSR count). The number of nitrogens with zero attached hydrogens (tertiary/aromatic N) is 1. The Morgan fingerprint density at radius 1 is 1.50 bits per heavy atom. The maximum atomic E-state index is 5.07. The molecule has 0 radical (unpaired) electrons. The largest absolute Gasteiger partial charge is 0.481 e. The molecule has 0 fully saturated rings. The molecule has 0 N–H and O–H groups in total. The lowest BCUT2D eigenvalue weighted by Crippen LogP contribution is -1.93. The third-order valence-corrected chi connectivity index (χ3v) is 2.69. The molecule has 1 aromatic rings. The van der Waals surface area contributed by atoms with Gasteiger partial charge in [0.05, 0.1) is 10.8 Å². The molecule has 1 aromatic heterocycles. The molecule has 0 aliphatic heterocycles. The van der Waals surface area contributed by atoms with Gasteiger partial charge >= 0.3 is 0 Å². The predicted octanol–water partition coefficient (Wildman–Crippen LogP) is 3.64. The lowest BCUT2D eigenvalue weighted by atomic mass is 10.3. The van der Waals surface area contributed by atoms with Crippen LogP contribution >= 0.6 is 47.8 Å². The van der Waals surface area contributed by atoms with Gasteiger partial charge in [-0.05, 0) is 22.0 Å². The lowest BCUT2D eigenvalue weighted by molar-refractivity contribution is 0.394. The smallest absolute Gasteiger partial charge is 0.218 e. The summed E-state index contributed by atoms with van der Waals surface area (Å²) in [5.74, 6) is 0.622. The van der Waals surface area contributed by atoms with E-state index in [9.17, 15) is 0 Å². The summed E-state index contributed by atoms with van der Waals surface area (Å²) in [5.41, 5.74) is 0.965. The highest BCUT2D eigenvalue weighted by Crippen LogP contribution is 2.35. The van der Waals surface area contributed by atoms with Crippen molar-refractivity contribution in [3.63, 3.8) is 0 Å². The Kier molecular flexibility index (Phi) is 3.99. The van der Waals surface area contributed by atoms with Gasteiger partial charge in [-0.2, -0.15) is 0 Å². The quantitative estimate of drug-likeness (QED) is 0.752. The molecular weight excluding hydrogens is 354 g/mol. The molecule has 0 spiro atoms. The third kappa shape index (κ3) is 2.44. The van der Waals surface area contributed by atoms with Crippen LogP contribution in [0.15, 0.2) is 16.7 Å². The Hall–Kier alpha value is 0.390. The van der Waals surface area contributed by atoms with Gasteiger partial charge in [-0.1, -0.05) is 31.9 Å². The lowest BCUT2D eigenvalue weighted by Gasteiger charge is -2.07. The molecular formula is C7H6Br3NO. The number of hydrogen-bond donors (Lipinski definition) is 0. The Morgan fingerprint density at radius 2 is 2.17 bits per heavy atom. The molecule has 0 amide bonds. The fraction of sp³-hybridized carbons (Fsp3) is 0.286. The molecule has 12 heavy (non-hydrogen) atoms. The van der Waals surface area contributed by atoms with E-state index in [2.05, 4.69) is 52.8 Å². The van der Waals surface area contributed by atoms with Crippen molar-refractivity contribution < 1.29 is 4.74 Å². The van der Waals surface area contributed by atoms with Gasteiger partial charge in [-0.3, -0.25) is 0 Å². The fourth-order valence-electron chi connectivity index (χ4n) is 0.769. The van der Waals surface area contributed by atoms with Crippen molar-refractivity contribution in [1.82, 2.24) is 4.98 Å². The first kappa shape index (κ1) is 10.5. The summed E-state index contributed by atoms with van der Waals surface area (Å²) in [6.07, 6.45) is 1.70. The number of ether oxygens (including phenoxy) is 1. The predicted molar refractivity (Wildman–Crippen MR) is 59.1 cm³/mol. The SMILES string of the molecule is COc1ncc(Br)cc1C(Br)Br. The van der Waals surface area contributed by atoms with E-state index < -0.39 is 0 Å². The average Bonchev–Trinajstić information content (AvgIpc) is 2.04. The van der Waals surface area contributed by atoms with Crippen LogP contribution in [0.3, 0.4) is 0 Å². The molecule has 0 saturated carbocycles. The summed E-state index contributed by atoms with van der Waals surface area (Å²) >= 11 is 10.1. The minimum atomic E-state index is 0.0601. The van der Waals surface area contributed by atoms with Crippen LogP contribution in [0, 0.1) is 0 Å². The second kappa shape index (κ2) is 4.58. The van der Waals surface area contributed by atoms with E-state index in [1.165, 1.54) is 0 Å². The summed E-state index contributed by atoms with van der Waals surface area (Å²) in [5, 5.41) is 0. The van der Waals surface area contributed by atoms with Crippen LogP contribution < -0.4 is 4.74 Å². The van der Waals surface area contributed by atoms with E-state index in [0.29, 0.717) is 5.88 Å². The van der Waals surface area contributed by atoms with Crippen LogP contribution in [0.4, 0.5) is 0 Å². The molecule has 0 saturated heterocycles. The molecule has 0 atom stereocenters. The van der Waals surface area contributed by atoms with Gasteiger partial charge < -0.3 is 4.74 Å². The topological polar surface area (TPSA) is 22.1 Å². The maximum absolute atomic E-state index is 5.07. The summed E-state index contributed by atoms with van der Waals surface area (Å²) in [6.45, 7) is 0. The Morgan fingerprint density at radius 3 is 2.67 bits per heavy atom. The average molecular weight is 360 g/mol. The third-order valence-electron chi connectivity index (χ3n) is 1.27. The zero-order valence-electron chi connectivity index (χ0n) is 6.22. The second-order valence-corrected chi connectivity index (χ2v) is 6.03. The van der Waals surface area contributed by atoms with Crippen molar-refractivity contribution in [2.24, 2.45) is 0 Å². The number of rotatable bonds is 2. The van der Waals surface area contributed by atoms with Gasteiger partial charge in [0.25, 0.3) is 0 Å². The van der Waals surface area contributed by atoms with Gasteiger partial charge in [-0.25, -0.2) is 4.98 Å². The molecule has 0 aromatic carbocycles. The fourth-order valence-corrected chi connectivity index (χ4v) is 1.77. The maximum Gasteiger partial charge on any atom is 0.218 e. The highest BCUT2D eigenvalue weighted by atomic mass is 79.9. The minimum absolute atomic E-state index is 0.0601. The van der Waals surface area contributed by atoms with Gasteiger partial charge in [0.2, 0.25) is 5.88 Å². The van der Waals surface area contributed by atoms with E-state index in [4.69, 9.17) is 4.74 Å². The monoisotopic (exact) mass is 357 g/mol. The van der Waals surface area contributed by atoms with Crippen LogP contribution in [-0.4, -0.2) is 12.1 Å². The summed E-state index contributed by atoms with van der Waals surface area (Å²) in [7, 11) is 1.60. The minimum Gasteiger partial charge on any atom is -0.481 e. The van der Waals surface area contributed by atoms with Crippen LogP contribution in [0.1, 0.15) is 9.30 Å². The van der Waals surface area contributed by atoms with Crippen molar-refractivity contribution in [3.8, 4) is 5.88 Å². The van der Waals surface area contributed by atoms with Crippen molar-refractivity contribution in [1.29, 1.82) is 0 Å². The van der Waals surface area contributed by atoms with E-state index in [1.54, 1.807) is 13.3 Å². The Bertz CT molecular complexity index is 277. The number of pyridine rings is 1. The highest BCUT2D eigenvalue weighted by molar-refractivity contribution is 9.24. The molecule has 66 valence electrons. The molecule has 5 heteroatoms. The first-order valence-electron chi connectivity index (χ1n) is 3.12. The first-order chi connectivity index (χ1) is 5.65. The zero-order valence-corrected chi connectivity index (χ0v) is 11.0. The molecule has 2 nitrogen and oxygen atoms in total. The number of halogens is 3. The number of aromatic nitrogens is 1. The van der Waals surface area contributed by atoms with Gasteiger partial charge in [-0.15, -0.1) is 0 Å². The van der Waals surface area contributed by atoms with E-state index in [-0.39, 0.29) is 3.74 Å². The van der Waals surface area contributed by atoms with Gasteiger partial charge in [0.15, 0.2) is 0 Å². The number of hydrogen-bond acceptors (Lipinski definition) is 2. The van der Waals surface area contributed by atoms with Gasteiger partial charge in [0, 0.05) is 16.2 Å². The highest BCUT2D eigenvalue weighted by Gasteiger charge is 2.10. The zero-order chi connectivity index (χ0) is 9.14.